The summed E-state index contributed by atoms with van der Waals surface area (Å²) in [4.78, 5) is 9.30. The van der Waals surface area contributed by atoms with Crippen molar-refractivity contribution in [3.05, 3.63) is 0 Å². The normalized spacial score (nSPS) is 8.14. The van der Waals surface area contributed by atoms with Crippen molar-refractivity contribution in [2.45, 2.75) is 0 Å². The second-order valence-corrected chi connectivity index (χ2v) is 0.877. The van der Waals surface area contributed by atoms with Gasteiger partial charge in [-0.25, -0.2) is 5.43 Å². The second kappa shape index (κ2) is 5.39. The molecule has 0 rings (SSSR count). The Kier molecular flexibility index (Phi) is 4.92. The zero-order valence-corrected chi connectivity index (χ0v) is 3.77. The maximum atomic E-state index is 9.30. The number of aliphatic hydroxyl groups is 1. The van der Waals surface area contributed by atoms with Gasteiger partial charge in [-0.05, 0) is 0 Å². The molecule has 0 saturated carbocycles. The van der Waals surface area contributed by atoms with Gasteiger partial charge >= 0.3 is 6.41 Å². The van der Waals surface area contributed by atoms with Crippen LogP contribution in [0.1, 0.15) is 0 Å². The van der Waals surface area contributed by atoms with Gasteiger partial charge < -0.3 is 5.11 Å². The Morgan fingerprint density at radius 3 is 2.86 bits per heavy atom. The fourth-order valence-corrected chi connectivity index (χ4v) is 0.154. The standard InChI is InChI=1S/C3H7N2O2/c6-2-1-4-5-3-7/h4,6H,1-2H2,(H,5,7). The van der Waals surface area contributed by atoms with Crippen LogP contribution in [0.15, 0.2) is 0 Å². The minimum absolute atomic E-state index is 0.00861. The van der Waals surface area contributed by atoms with E-state index in [4.69, 9.17) is 5.11 Å². The maximum Gasteiger partial charge on any atom is 0.324 e. The van der Waals surface area contributed by atoms with Gasteiger partial charge in [0.25, 0.3) is 0 Å². The van der Waals surface area contributed by atoms with E-state index >= 15 is 0 Å². The molecule has 7 heavy (non-hydrogen) atoms. The molecule has 1 amide bonds. The Labute approximate surface area is 41.5 Å². The molecule has 4 nitrogen and oxygen atoms in total. The van der Waals surface area contributed by atoms with E-state index in [1.807, 2.05) is 5.43 Å². The third-order valence-electron chi connectivity index (χ3n) is 0.376. The van der Waals surface area contributed by atoms with Crippen LogP contribution >= 0.6 is 0 Å². The number of hydrogen-bond acceptors (Lipinski definition) is 3. The third kappa shape index (κ3) is 5.39. The first-order valence-corrected chi connectivity index (χ1v) is 1.87. The molecule has 0 fully saturated rings. The monoisotopic (exact) mass is 103 g/mol. The number of aliphatic hydroxyl groups excluding tert-OH is 1. The lowest BCUT2D eigenvalue weighted by Crippen LogP contribution is -2.32. The van der Waals surface area contributed by atoms with E-state index in [-0.39, 0.29) is 6.61 Å². The van der Waals surface area contributed by atoms with Crippen molar-refractivity contribution in [1.82, 2.24) is 10.9 Å². The highest BCUT2D eigenvalue weighted by atomic mass is 16.3. The van der Waals surface area contributed by atoms with Crippen molar-refractivity contribution >= 4 is 6.41 Å². The number of rotatable bonds is 4. The summed E-state index contributed by atoms with van der Waals surface area (Å²) in [6, 6.07) is 0. The number of amides is 1. The molecule has 0 bridgehead atoms. The van der Waals surface area contributed by atoms with Crippen LogP contribution in [0.5, 0.6) is 0 Å². The molecule has 0 spiro atoms. The quantitative estimate of drug-likeness (QED) is 0.222. The number of hydrogen-bond donors (Lipinski definition) is 3. The van der Waals surface area contributed by atoms with Gasteiger partial charge in [0.05, 0.1) is 6.61 Å². The second-order valence-electron chi connectivity index (χ2n) is 0.877. The maximum absolute atomic E-state index is 9.30. The van der Waals surface area contributed by atoms with Crippen molar-refractivity contribution in [3.8, 4) is 0 Å². The van der Waals surface area contributed by atoms with Crippen LogP contribution in [0, 0.1) is 0 Å². The van der Waals surface area contributed by atoms with Gasteiger partial charge in [0, 0.05) is 6.54 Å². The lowest BCUT2D eigenvalue weighted by Gasteiger charge is -1.93. The first-order valence-electron chi connectivity index (χ1n) is 1.87. The van der Waals surface area contributed by atoms with Crippen molar-refractivity contribution in [2.75, 3.05) is 13.2 Å². The predicted octanol–water partition coefficient (Wildman–Crippen LogP) is -1.86. The molecule has 0 saturated heterocycles. The molecule has 0 aliphatic heterocycles. The molecule has 0 aliphatic carbocycles. The number of carbonyl (C=O) groups excluding carboxylic acids is 1. The van der Waals surface area contributed by atoms with E-state index in [1.54, 1.807) is 0 Å². The summed E-state index contributed by atoms with van der Waals surface area (Å²) in [6.07, 6.45) is 1.38. The molecule has 0 aromatic carbocycles. The summed E-state index contributed by atoms with van der Waals surface area (Å²) in [5, 5.41) is 8.06. The van der Waals surface area contributed by atoms with Crippen molar-refractivity contribution in [1.29, 1.82) is 0 Å². The molecule has 0 atom stereocenters. The van der Waals surface area contributed by atoms with Gasteiger partial charge in [-0.2, -0.15) is 0 Å². The summed E-state index contributed by atoms with van der Waals surface area (Å²) < 4.78 is 0. The van der Waals surface area contributed by atoms with Crippen LogP contribution in [-0.4, -0.2) is 24.7 Å². The SMILES string of the molecule is O=[C]NNCCO. The van der Waals surface area contributed by atoms with Crippen molar-refractivity contribution < 1.29 is 9.90 Å². The Morgan fingerprint density at radius 1 is 1.71 bits per heavy atom. The summed E-state index contributed by atoms with van der Waals surface area (Å²) in [5.74, 6) is 0. The first kappa shape index (κ1) is 6.39. The molecule has 1 radical (unpaired) electrons. The van der Waals surface area contributed by atoms with Crippen LogP contribution in [0.3, 0.4) is 0 Å². The lowest BCUT2D eigenvalue weighted by molar-refractivity contribution is 0.288. The Bertz CT molecular complexity index is 48.2. The lowest BCUT2D eigenvalue weighted by atomic mass is 10.7. The Hall–Kier alpha value is -0.610. The Morgan fingerprint density at radius 2 is 2.43 bits per heavy atom. The van der Waals surface area contributed by atoms with Gasteiger partial charge in [-0.3, -0.25) is 10.2 Å². The molecule has 4 heteroatoms. The fraction of sp³-hybridized carbons (Fsp3) is 0.667. The van der Waals surface area contributed by atoms with E-state index < -0.39 is 0 Å². The van der Waals surface area contributed by atoms with E-state index in [0.29, 0.717) is 6.54 Å². The van der Waals surface area contributed by atoms with Gasteiger partial charge in [0.1, 0.15) is 0 Å². The molecule has 0 heterocycles. The third-order valence-corrected chi connectivity index (χ3v) is 0.376. The largest absolute Gasteiger partial charge is 0.395 e. The van der Waals surface area contributed by atoms with Crippen LogP contribution in [0.2, 0.25) is 0 Å². The van der Waals surface area contributed by atoms with Crippen LogP contribution in [0.25, 0.3) is 0 Å². The molecular weight excluding hydrogens is 96.0 g/mol. The van der Waals surface area contributed by atoms with Gasteiger partial charge in [-0.15, -0.1) is 0 Å². The highest BCUT2D eigenvalue weighted by Gasteiger charge is 1.75. The average Bonchev–Trinajstić information content (AvgIpc) is 1.69. The summed E-state index contributed by atoms with van der Waals surface area (Å²) in [5.41, 5.74) is 4.39. The van der Waals surface area contributed by atoms with E-state index in [0.717, 1.165) is 0 Å². The van der Waals surface area contributed by atoms with Crippen molar-refractivity contribution in [3.63, 3.8) is 0 Å². The molecule has 0 aromatic rings. The van der Waals surface area contributed by atoms with Crippen LogP contribution < -0.4 is 10.9 Å². The molecule has 41 valence electrons. The van der Waals surface area contributed by atoms with Gasteiger partial charge in [0.2, 0.25) is 0 Å². The van der Waals surface area contributed by atoms with Crippen LogP contribution in [0.4, 0.5) is 0 Å². The Balaban J connectivity index is 2.56. The molecule has 0 aliphatic rings. The fourth-order valence-electron chi connectivity index (χ4n) is 0.154. The molecule has 0 unspecified atom stereocenters. The minimum Gasteiger partial charge on any atom is -0.395 e. The number of hydrazine groups is 1. The van der Waals surface area contributed by atoms with E-state index in [2.05, 4.69) is 5.43 Å². The topological polar surface area (TPSA) is 61.4 Å². The smallest absolute Gasteiger partial charge is 0.324 e. The average molecular weight is 103 g/mol. The highest BCUT2D eigenvalue weighted by Crippen LogP contribution is 1.44. The minimum atomic E-state index is 0.00861. The molecule has 0 aromatic heterocycles. The number of nitrogens with one attached hydrogen (secondary N) is 2. The highest BCUT2D eigenvalue weighted by molar-refractivity contribution is 5.45. The zero-order chi connectivity index (χ0) is 5.54. The van der Waals surface area contributed by atoms with Crippen molar-refractivity contribution in [2.24, 2.45) is 0 Å². The molecule has 3 N–H and O–H groups in total. The summed E-state index contributed by atoms with van der Waals surface area (Å²) >= 11 is 0. The summed E-state index contributed by atoms with van der Waals surface area (Å²) in [7, 11) is 0. The molecular formula is C3H7N2O2. The first-order chi connectivity index (χ1) is 3.41. The van der Waals surface area contributed by atoms with E-state index in [9.17, 15) is 4.79 Å². The zero-order valence-electron chi connectivity index (χ0n) is 3.77. The van der Waals surface area contributed by atoms with E-state index in [1.165, 1.54) is 6.41 Å². The predicted molar refractivity (Wildman–Crippen MR) is 23.9 cm³/mol. The summed E-state index contributed by atoms with van der Waals surface area (Å²) in [6.45, 7) is 0.365. The van der Waals surface area contributed by atoms with Crippen LogP contribution in [-0.2, 0) is 4.79 Å². The van der Waals surface area contributed by atoms with Gasteiger partial charge in [0.15, 0.2) is 0 Å². The van der Waals surface area contributed by atoms with Gasteiger partial charge in [-0.1, -0.05) is 0 Å².